The predicted molar refractivity (Wildman–Crippen MR) is 74.2 cm³/mol. The van der Waals surface area contributed by atoms with Gasteiger partial charge in [-0.1, -0.05) is 12.1 Å². The zero-order chi connectivity index (χ0) is 14.5. The third-order valence-corrected chi connectivity index (χ3v) is 2.72. The number of hydrogen-bond acceptors (Lipinski definition) is 3. The minimum atomic E-state index is -0.850. The Hall–Kier alpha value is -2.63. The van der Waals surface area contributed by atoms with Crippen molar-refractivity contribution in [2.45, 2.75) is 19.9 Å². The topological polar surface area (TPSA) is 84.2 Å². The molecule has 0 fully saturated rings. The first-order valence-corrected chi connectivity index (χ1v) is 6.17. The maximum atomic E-state index is 11.1. The van der Waals surface area contributed by atoms with Crippen molar-refractivity contribution >= 4 is 17.6 Å². The number of benzene rings is 1. The van der Waals surface area contributed by atoms with E-state index in [4.69, 9.17) is 5.11 Å². The molecule has 104 valence electrons. The molecule has 0 bridgehead atoms. The Kier molecular flexibility index (Phi) is 4.14. The van der Waals surface area contributed by atoms with Gasteiger partial charge in [0, 0.05) is 37.1 Å². The number of rotatable bonds is 5. The van der Waals surface area contributed by atoms with Crippen LogP contribution in [-0.4, -0.2) is 26.5 Å². The van der Waals surface area contributed by atoms with E-state index in [1.807, 2.05) is 12.1 Å². The second kappa shape index (κ2) is 6.01. The monoisotopic (exact) mass is 273 g/mol. The number of aryl methyl sites for hydroxylation is 1. The summed E-state index contributed by atoms with van der Waals surface area (Å²) >= 11 is 0. The summed E-state index contributed by atoms with van der Waals surface area (Å²) in [5, 5.41) is 11.4. The number of carboxylic acid groups (broad SMARTS) is 1. The number of aliphatic carboxylic acids is 1. The van der Waals surface area contributed by atoms with Gasteiger partial charge in [-0.05, 0) is 12.1 Å². The van der Waals surface area contributed by atoms with Crippen LogP contribution < -0.4 is 5.32 Å². The number of aromatic nitrogens is 2. The minimum Gasteiger partial charge on any atom is -0.481 e. The van der Waals surface area contributed by atoms with Crippen molar-refractivity contribution in [1.82, 2.24) is 9.55 Å². The molecule has 2 N–H and O–H groups in total. The summed E-state index contributed by atoms with van der Waals surface area (Å²) in [7, 11) is 0. The lowest BCUT2D eigenvalue weighted by atomic mass is 10.2. The molecule has 0 spiro atoms. The van der Waals surface area contributed by atoms with Crippen LogP contribution in [0.3, 0.4) is 0 Å². The van der Waals surface area contributed by atoms with E-state index in [2.05, 4.69) is 10.3 Å². The summed E-state index contributed by atoms with van der Waals surface area (Å²) in [6, 6.07) is 7.28. The zero-order valence-electron chi connectivity index (χ0n) is 11.0. The lowest BCUT2D eigenvalue weighted by Gasteiger charge is -2.08. The number of nitrogens with one attached hydrogen (secondary N) is 1. The van der Waals surface area contributed by atoms with Crippen LogP contribution in [0.2, 0.25) is 0 Å². The van der Waals surface area contributed by atoms with Crippen molar-refractivity contribution < 1.29 is 14.7 Å². The van der Waals surface area contributed by atoms with Gasteiger partial charge in [-0.3, -0.25) is 9.59 Å². The van der Waals surface area contributed by atoms with Crippen LogP contribution in [0.5, 0.6) is 0 Å². The highest BCUT2D eigenvalue weighted by molar-refractivity contribution is 5.89. The van der Waals surface area contributed by atoms with Crippen molar-refractivity contribution in [1.29, 1.82) is 0 Å². The quantitative estimate of drug-likeness (QED) is 0.872. The highest BCUT2D eigenvalue weighted by Gasteiger charge is 2.08. The van der Waals surface area contributed by atoms with E-state index in [1.165, 1.54) is 6.92 Å². The summed E-state index contributed by atoms with van der Waals surface area (Å²) in [4.78, 5) is 25.9. The average molecular weight is 273 g/mol. The summed E-state index contributed by atoms with van der Waals surface area (Å²) in [6.07, 6.45) is 3.40. The van der Waals surface area contributed by atoms with Crippen molar-refractivity contribution in [3.8, 4) is 11.4 Å². The van der Waals surface area contributed by atoms with E-state index in [1.54, 1.807) is 29.1 Å². The molecule has 0 saturated carbocycles. The largest absolute Gasteiger partial charge is 0.481 e. The average Bonchev–Trinajstić information content (AvgIpc) is 2.84. The van der Waals surface area contributed by atoms with Gasteiger partial charge in [-0.2, -0.15) is 0 Å². The van der Waals surface area contributed by atoms with E-state index < -0.39 is 5.97 Å². The number of hydrogen-bond donors (Lipinski definition) is 2. The van der Waals surface area contributed by atoms with Gasteiger partial charge in [-0.25, -0.2) is 4.98 Å². The third-order valence-electron chi connectivity index (χ3n) is 2.72. The molecule has 1 heterocycles. The second-order valence-electron chi connectivity index (χ2n) is 4.35. The standard InChI is InChI=1S/C14H15N3O3/c1-10(18)16-12-4-2-3-11(9-12)14-15-6-8-17(14)7-5-13(19)20/h2-4,6,8-9H,5,7H2,1H3,(H,16,18)(H,19,20). The molecule has 0 unspecified atom stereocenters. The predicted octanol–water partition coefficient (Wildman–Crippen LogP) is 1.98. The van der Waals surface area contributed by atoms with Crippen LogP contribution in [0, 0.1) is 0 Å². The highest BCUT2D eigenvalue weighted by atomic mass is 16.4. The Morgan fingerprint density at radius 1 is 1.40 bits per heavy atom. The highest BCUT2D eigenvalue weighted by Crippen LogP contribution is 2.21. The Labute approximate surface area is 116 Å². The van der Waals surface area contributed by atoms with Crippen LogP contribution in [0.25, 0.3) is 11.4 Å². The van der Waals surface area contributed by atoms with Gasteiger partial charge in [0.1, 0.15) is 5.82 Å². The number of anilines is 1. The van der Waals surface area contributed by atoms with E-state index in [0.717, 1.165) is 5.56 Å². The number of carbonyl (C=O) groups excluding carboxylic acids is 1. The molecule has 1 aromatic carbocycles. The van der Waals surface area contributed by atoms with Crippen molar-refractivity contribution in [2.75, 3.05) is 5.32 Å². The molecular formula is C14H15N3O3. The van der Waals surface area contributed by atoms with Gasteiger partial charge in [-0.15, -0.1) is 0 Å². The summed E-state index contributed by atoms with van der Waals surface area (Å²) in [5.41, 5.74) is 1.51. The lowest BCUT2D eigenvalue weighted by Crippen LogP contribution is -2.07. The van der Waals surface area contributed by atoms with Gasteiger partial charge in [0.15, 0.2) is 0 Å². The Morgan fingerprint density at radius 3 is 2.90 bits per heavy atom. The first-order valence-electron chi connectivity index (χ1n) is 6.17. The maximum Gasteiger partial charge on any atom is 0.305 e. The molecule has 0 saturated heterocycles. The van der Waals surface area contributed by atoms with E-state index >= 15 is 0 Å². The normalized spacial score (nSPS) is 10.2. The minimum absolute atomic E-state index is 0.0365. The van der Waals surface area contributed by atoms with Gasteiger partial charge in [0.25, 0.3) is 0 Å². The molecule has 0 aliphatic rings. The summed E-state index contributed by atoms with van der Waals surface area (Å²) in [5.74, 6) is -0.313. The maximum absolute atomic E-state index is 11.1. The van der Waals surface area contributed by atoms with Crippen molar-refractivity contribution in [3.05, 3.63) is 36.7 Å². The number of carboxylic acids is 1. The molecule has 1 aromatic heterocycles. The van der Waals surface area contributed by atoms with E-state index in [9.17, 15) is 9.59 Å². The molecular weight excluding hydrogens is 258 g/mol. The van der Waals surface area contributed by atoms with Crippen LogP contribution in [0.4, 0.5) is 5.69 Å². The van der Waals surface area contributed by atoms with E-state index in [-0.39, 0.29) is 12.3 Å². The summed E-state index contributed by atoms with van der Waals surface area (Å²) < 4.78 is 1.78. The fraction of sp³-hybridized carbons (Fsp3) is 0.214. The molecule has 0 aliphatic heterocycles. The van der Waals surface area contributed by atoms with Gasteiger partial charge < -0.3 is 15.0 Å². The Bertz CT molecular complexity index is 634. The number of imidazole rings is 1. The molecule has 6 nitrogen and oxygen atoms in total. The fourth-order valence-corrected chi connectivity index (χ4v) is 1.91. The molecule has 2 aromatic rings. The van der Waals surface area contributed by atoms with Crippen LogP contribution >= 0.6 is 0 Å². The molecule has 20 heavy (non-hydrogen) atoms. The van der Waals surface area contributed by atoms with Crippen molar-refractivity contribution in [2.24, 2.45) is 0 Å². The molecule has 0 aliphatic carbocycles. The Morgan fingerprint density at radius 2 is 2.20 bits per heavy atom. The third kappa shape index (κ3) is 3.44. The van der Waals surface area contributed by atoms with Gasteiger partial charge in [0.2, 0.25) is 5.91 Å². The van der Waals surface area contributed by atoms with Crippen LogP contribution in [0.15, 0.2) is 36.7 Å². The van der Waals surface area contributed by atoms with Gasteiger partial charge in [0.05, 0.1) is 6.42 Å². The molecule has 2 rings (SSSR count). The summed E-state index contributed by atoms with van der Waals surface area (Å²) in [6.45, 7) is 1.80. The second-order valence-corrected chi connectivity index (χ2v) is 4.35. The van der Waals surface area contributed by atoms with E-state index in [0.29, 0.717) is 18.1 Å². The number of carbonyl (C=O) groups is 2. The Balaban J connectivity index is 2.25. The molecule has 1 amide bonds. The molecule has 6 heteroatoms. The number of amides is 1. The van der Waals surface area contributed by atoms with Gasteiger partial charge >= 0.3 is 5.97 Å². The smallest absolute Gasteiger partial charge is 0.305 e. The van der Waals surface area contributed by atoms with Crippen LogP contribution in [-0.2, 0) is 16.1 Å². The molecule has 0 radical (unpaired) electrons. The number of nitrogens with zero attached hydrogens (tertiary/aromatic N) is 2. The lowest BCUT2D eigenvalue weighted by molar-refractivity contribution is -0.137. The van der Waals surface area contributed by atoms with Crippen molar-refractivity contribution in [3.63, 3.8) is 0 Å². The first-order chi connectivity index (χ1) is 9.56. The zero-order valence-corrected chi connectivity index (χ0v) is 11.0. The first kappa shape index (κ1) is 13.8. The fourth-order valence-electron chi connectivity index (χ4n) is 1.91. The SMILES string of the molecule is CC(=O)Nc1cccc(-c2nccn2CCC(=O)O)c1. The molecule has 0 atom stereocenters. The van der Waals surface area contributed by atoms with Crippen LogP contribution in [0.1, 0.15) is 13.3 Å².